The number of hydrogen-bond acceptors (Lipinski definition) is 3. The summed E-state index contributed by atoms with van der Waals surface area (Å²) in [6.07, 6.45) is 0. The smallest absolute Gasteiger partial charge is 0.0361 e. The summed E-state index contributed by atoms with van der Waals surface area (Å²) in [4.78, 5) is 4.54. The van der Waals surface area contributed by atoms with Crippen molar-refractivity contribution in [2.75, 3.05) is 45.2 Å². The number of hydrogen-bond donors (Lipinski definition) is 1. The molecule has 0 aromatic heterocycles. The summed E-state index contributed by atoms with van der Waals surface area (Å²) in [5.41, 5.74) is 8.50. The fourth-order valence-electron chi connectivity index (χ4n) is 2.15. The van der Waals surface area contributed by atoms with Gasteiger partial charge in [-0.3, -0.25) is 0 Å². The van der Waals surface area contributed by atoms with Crippen molar-refractivity contribution in [3.63, 3.8) is 0 Å². The van der Waals surface area contributed by atoms with Crippen LogP contribution in [-0.4, -0.2) is 45.2 Å². The maximum Gasteiger partial charge on any atom is 0.0361 e. The van der Waals surface area contributed by atoms with E-state index in [4.69, 9.17) is 5.73 Å². The van der Waals surface area contributed by atoms with Crippen molar-refractivity contribution in [2.24, 2.45) is 5.73 Å². The van der Waals surface area contributed by atoms with Crippen molar-refractivity contribution in [1.29, 1.82) is 0 Å². The molecule has 1 rings (SSSR count). The topological polar surface area (TPSA) is 32.5 Å². The SMILES string of the molecule is CCN(CC)CC(CN)c1ccc(N(C)C)cc1. The summed E-state index contributed by atoms with van der Waals surface area (Å²) in [5, 5.41) is 0. The van der Waals surface area contributed by atoms with Gasteiger partial charge in [0.1, 0.15) is 0 Å². The van der Waals surface area contributed by atoms with Gasteiger partial charge in [0, 0.05) is 38.8 Å². The largest absolute Gasteiger partial charge is 0.378 e. The lowest BCUT2D eigenvalue weighted by Gasteiger charge is -2.25. The quantitative estimate of drug-likeness (QED) is 0.803. The number of nitrogens with two attached hydrogens (primary N) is 1. The standard InChI is InChI=1S/C15H27N3/c1-5-18(6-2)12-14(11-16)13-7-9-15(10-8-13)17(3)4/h7-10,14H,5-6,11-12,16H2,1-4H3. The molecule has 3 nitrogen and oxygen atoms in total. The third kappa shape index (κ3) is 4.00. The van der Waals surface area contributed by atoms with E-state index in [1.165, 1.54) is 11.3 Å². The molecular formula is C15H27N3. The first kappa shape index (κ1) is 15.0. The maximum absolute atomic E-state index is 5.92. The van der Waals surface area contributed by atoms with Crippen molar-refractivity contribution in [3.8, 4) is 0 Å². The fourth-order valence-corrected chi connectivity index (χ4v) is 2.15. The van der Waals surface area contributed by atoms with Crippen LogP contribution >= 0.6 is 0 Å². The summed E-state index contributed by atoms with van der Waals surface area (Å²) >= 11 is 0. The summed E-state index contributed by atoms with van der Waals surface area (Å²) in [7, 11) is 4.12. The minimum absolute atomic E-state index is 0.432. The Morgan fingerprint density at radius 2 is 1.61 bits per heavy atom. The van der Waals surface area contributed by atoms with E-state index >= 15 is 0 Å². The second-order valence-electron chi connectivity index (χ2n) is 4.90. The van der Waals surface area contributed by atoms with Gasteiger partial charge < -0.3 is 15.5 Å². The normalized spacial score (nSPS) is 12.8. The van der Waals surface area contributed by atoms with E-state index in [1.807, 2.05) is 0 Å². The van der Waals surface area contributed by atoms with Gasteiger partial charge in [-0.2, -0.15) is 0 Å². The minimum atomic E-state index is 0.432. The first-order valence-electron chi connectivity index (χ1n) is 6.82. The molecule has 1 atom stereocenters. The van der Waals surface area contributed by atoms with Crippen LogP contribution in [0.3, 0.4) is 0 Å². The average molecular weight is 249 g/mol. The zero-order valence-electron chi connectivity index (χ0n) is 12.2. The summed E-state index contributed by atoms with van der Waals surface area (Å²) in [6, 6.07) is 8.74. The van der Waals surface area contributed by atoms with Gasteiger partial charge in [0.15, 0.2) is 0 Å². The molecule has 0 saturated heterocycles. The van der Waals surface area contributed by atoms with Crippen molar-refractivity contribution < 1.29 is 0 Å². The molecule has 18 heavy (non-hydrogen) atoms. The van der Waals surface area contributed by atoms with E-state index in [2.05, 4.69) is 62.0 Å². The van der Waals surface area contributed by atoms with Gasteiger partial charge in [-0.15, -0.1) is 0 Å². The van der Waals surface area contributed by atoms with Crippen LogP contribution in [0.25, 0.3) is 0 Å². The molecule has 1 aromatic rings. The number of anilines is 1. The van der Waals surface area contributed by atoms with Crippen LogP contribution in [0.4, 0.5) is 5.69 Å². The second kappa shape index (κ2) is 7.39. The van der Waals surface area contributed by atoms with Crippen LogP contribution in [0.15, 0.2) is 24.3 Å². The molecule has 0 spiro atoms. The number of rotatable bonds is 7. The molecule has 0 bridgehead atoms. The Balaban J connectivity index is 2.75. The summed E-state index contributed by atoms with van der Waals surface area (Å²) < 4.78 is 0. The number of nitrogens with zero attached hydrogens (tertiary/aromatic N) is 2. The fraction of sp³-hybridized carbons (Fsp3) is 0.600. The molecule has 3 heteroatoms. The Hall–Kier alpha value is -1.06. The highest BCUT2D eigenvalue weighted by atomic mass is 15.1. The monoisotopic (exact) mass is 249 g/mol. The molecule has 102 valence electrons. The van der Waals surface area contributed by atoms with Gasteiger partial charge in [-0.25, -0.2) is 0 Å². The predicted octanol–water partition coefficient (Wildman–Crippen LogP) is 2.14. The van der Waals surface area contributed by atoms with E-state index in [-0.39, 0.29) is 0 Å². The van der Waals surface area contributed by atoms with Gasteiger partial charge in [0.25, 0.3) is 0 Å². The van der Waals surface area contributed by atoms with Crippen LogP contribution in [-0.2, 0) is 0 Å². The first-order valence-corrected chi connectivity index (χ1v) is 6.82. The first-order chi connectivity index (χ1) is 8.62. The van der Waals surface area contributed by atoms with Crippen LogP contribution in [0.1, 0.15) is 25.3 Å². The Morgan fingerprint density at radius 1 is 1.06 bits per heavy atom. The highest BCUT2D eigenvalue weighted by Crippen LogP contribution is 2.20. The average Bonchev–Trinajstić information content (AvgIpc) is 2.40. The maximum atomic E-state index is 5.92. The van der Waals surface area contributed by atoms with Crippen molar-refractivity contribution >= 4 is 5.69 Å². The Labute approximate surface area is 112 Å². The van der Waals surface area contributed by atoms with E-state index in [9.17, 15) is 0 Å². The zero-order chi connectivity index (χ0) is 13.5. The van der Waals surface area contributed by atoms with Gasteiger partial charge in [-0.1, -0.05) is 26.0 Å². The summed E-state index contributed by atoms with van der Waals surface area (Å²) in [5.74, 6) is 0.432. The lowest BCUT2D eigenvalue weighted by Crippen LogP contribution is -2.31. The van der Waals surface area contributed by atoms with Gasteiger partial charge >= 0.3 is 0 Å². The lowest BCUT2D eigenvalue weighted by molar-refractivity contribution is 0.284. The minimum Gasteiger partial charge on any atom is -0.378 e. The van der Waals surface area contributed by atoms with Gasteiger partial charge in [0.2, 0.25) is 0 Å². The molecule has 0 fully saturated rings. The highest BCUT2D eigenvalue weighted by Gasteiger charge is 2.13. The lowest BCUT2D eigenvalue weighted by atomic mass is 9.98. The van der Waals surface area contributed by atoms with Crippen molar-refractivity contribution in [3.05, 3.63) is 29.8 Å². The molecule has 1 aromatic carbocycles. The van der Waals surface area contributed by atoms with Crippen LogP contribution < -0.4 is 10.6 Å². The van der Waals surface area contributed by atoms with E-state index in [0.717, 1.165) is 19.6 Å². The molecular weight excluding hydrogens is 222 g/mol. The highest BCUT2D eigenvalue weighted by molar-refractivity contribution is 5.46. The molecule has 0 aliphatic heterocycles. The van der Waals surface area contributed by atoms with Crippen LogP contribution in [0.5, 0.6) is 0 Å². The van der Waals surface area contributed by atoms with Crippen molar-refractivity contribution in [1.82, 2.24) is 4.90 Å². The number of benzene rings is 1. The Bertz CT molecular complexity index is 328. The van der Waals surface area contributed by atoms with E-state index in [0.29, 0.717) is 12.5 Å². The second-order valence-corrected chi connectivity index (χ2v) is 4.90. The van der Waals surface area contributed by atoms with E-state index in [1.54, 1.807) is 0 Å². The van der Waals surface area contributed by atoms with Crippen LogP contribution in [0.2, 0.25) is 0 Å². The molecule has 0 radical (unpaired) electrons. The zero-order valence-corrected chi connectivity index (χ0v) is 12.2. The van der Waals surface area contributed by atoms with Gasteiger partial charge in [0.05, 0.1) is 0 Å². The molecule has 0 aliphatic rings. The van der Waals surface area contributed by atoms with E-state index < -0.39 is 0 Å². The van der Waals surface area contributed by atoms with Crippen LogP contribution in [0, 0.1) is 0 Å². The third-order valence-electron chi connectivity index (χ3n) is 3.54. The third-order valence-corrected chi connectivity index (χ3v) is 3.54. The molecule has 0 heterocycles. The number of likely N-dealkylation sites (N-methyl/N-ethyl adjacent to an activating group) is 1. The Kier molecular flexibility index (Phi) is 6.16. The molecule has 1 unspecified atom stereocenters. The predicted molar refractivity (Wildman–Crippen MR) is 80.4 cm³/mol. The molecule has 0 aliphatic carbocycles. The molecule has 0 amide bonds. The summed E-state index contributed by atoms with van der Waals surface area (Å²) in [6.45, 7) is 8.33. The van der Waals surface area contributed by atoms with Gasteiger partial charge in [-0.05, 0) is 30.8 Å². The van der Waals surface area contributed by atoms with Crippen molar-refractivity contribution in [2.45, 2.75) is 19.8 Å². The molecule has 0 saturated carbocycles. The molecule has 2 N–H and O–H groups in total. The Morgan fingerprint density at radius 3 is 2.00 bits per heavy atom.